The van der Waals surface area contributed by atoms with Crippen LogP contribution in [0.2, 0.25) is 5.02 Å². The van der Waals surface area contributed by atoms with Crippen molar-refractivity contribution in [3.05, 3.63) is 65.0 Å². The third kappa shape index (κ3) is 3.21. The fraction of sp³-hybridized carbons (Fsp3) is 0. The van der Waals surface area contributed by atoms with Crippen LogP contribution in [-0.2, 0) is 10.0 Å². The lowest BCUT2D eigenvalue weighted by atomic mass is 10.2. The van der Waals surface area contributed by atoms with Crippen LogP contribution in [0.4, 0.5) is 5.13 Å². The van der Waals surface area contributed by atoms with Crippen molar-refractivity contribution in [1.82, 2.24) is 4.98 Å². The summed E-state index contributed by atoms with van der Waals surface area (Å²) in [6, 6.07) is 15.2. The van der Waals surface area contributed by atoms with Gasteiger partial charge in [-0.1, -0.05) is 48.0 Å². The van der Waals surface area contributed by atoms with Crippen LogP contribution >= 0.6 is 34.7 Å². The molecule has 0 fully saturated rings. The van der Waals surface area contributed by atoms with E-state index in [0.29, 0.717) is 14.5 Å². The van der Waals surface area contributed by atoms with E-state index in [9.17, 15) is 8.42 Å². The molecule has 4 nitrogen and oxygen atoms in total. The molecule has 0 N–H and O–H groups in total. The van der Waals surface area contributed by atoms with E-state index in [1.165, 1.54) is 12.1 Å². The summed E-state index contributed by atoms with van der Waals surface area (Å²) < 4.78 is 25.6. The number of hydrogen-bond donors (Lipinski definition) is 0. The Balaban J connectivity index is 1.96. The van der Waals surface area contributed by atoms with Crippen LogP contribution in [-0.4, -0.2) is 13.4 Å². The van der Waals surface area contributed by atoms with E-state index in [2.05, 4.69) is 4.98 Å². The molecule has 0 aliphatic rings. The second-order valence-electron chi connectivity index (χ2n) is 4.53. The molecule has 0 aliphatic carbocycles. The second kappa shape index (κ2) is 6.49. The quantitative estimate of drug-likeness (QED) is 0.606. The molecule has 3 aromatic rings. The van der Waals surface area contributed by atoms with E-state index < -0.39 is 10.0 Å². The first-order chi connectivity index (χ1) is 11.0. The van der Waals surface area contributed by atoms with Crippen molar-refractivity contribution in [2.24, 2.45) is 0 Å². The number of thiazole rings is 1. The van der Waals surface area contributed by atoms with E-state index in [-0.39, 0.29) is 10.0 Å². The molecule has 0 aliphatic heterocycles. The zero-order valence-electron chi connectivity index (χ0n) is 11.6. The summed E-state index contributed by atoms with van der Waals surface area (Å²) in [5.74, 6) is 0. The smallest absolute Gasteiger partial charge is 0.218 e. The average Bonchev–Trinajstić information content (AvgIpc) is 3.05. The minimum Gasteiger partial charge on any atom is -0.218 e. The first kappa shape index (κ1) is 16.3. The predicted octanol–water partition coefficient (Wildman–Crippen LogP) is 4.81. The van der Waals surface area contributed by atoms with Crippen LogP contribution in [0.1, 0.15) is 0 Å². The maximum absolute atomic E-state index is 12.5. The Kier molecular flexibility index (Phi) is 4.59. The second-order valence-corrected chi connectivity index (χ2v) is 8.10. The van der Waals surface area contributed by atoms with Crippen LogP contribution in [0.5, 0.6) is 0 Å². The van der Waals surface area contributed by atoms with Crippen LogP contribution in [0, 0.1) is 0 Å². The third-order valence-corrected chi connectivity index (χ3v) is 6.58. The summed E-state index contributed by atoms with van der Waals surface area (Å²) in [5, 5.41) is 2.41. The predicted molar refractivity (Wildman–Crippen MR) is 94.5 cm³/mol. The van der Waals surface area contributed by atoms with Gasteiger partial charge in [0.25, 0.3) is 10.0 Å². The molecule has 23 heavy (non-hydrogen) atoms. The van der Waals surface area contributed by atoms with Gasteiger partial charge in [-0.2, -0.15) is 8.42 Å². The van der Waals surface area contributed by atoms with Crippen molar-refractivity contribution in [1.29, 1.82) is 0 Å². The van der Waals surface area contributed by atoms with Crippen molar-refractivity contribution in [3.63, 3.8) is 0 Å². The van der Waals surface area contributed by atoms with Gasteiger partial charge in [-0.05, 0) is 18.2 Å². The summed E-state index contributed by atoms with van der Waals surface area (Å²) in [6.07, 6.45) is 0. The van der Waals surface area contributed by atoms with E-state index in [1.807, 2.05) is 18.2 Å². The van der Waals surface area contributed by atoms with Crippen LogP contribution in [0.25, 0.3) is 11.3 Å². The van der Waals surface area contributed by atoms with E-state index >= 15 is 0 Å². The highest BCUT2D eigenvalue weighted by Gasteiger charge is 2.26. The molecule has 0 saturated carbocycles. The van der Waals surface area contributed by atoms with Crippen LogP contribution < -0.4 is 3.82 Å². The van der Waals surface area contributed by atoms with Crippen LogP contribution in [0.3, 0.4) is 0 Å². The minimum atomic E-state index is -3.86. The van der Waals surface area contributed by atoms with Gasteiger partial charge in [-0.3, -0.25) is 0 Å². The number of benzene rings is 2. The maximum Gasteiger partial charge on any atom is 0.280 e. The Bertz CT molecular complexity index is 927. The fourth-order valence-electron chi connectivity index (χ4n) is 1.93. The number of nitrogens with zero attached hydrogens (tertiary/aromatic N) is 2. The summed E-state index contributed by atoms with van der Waals surface area (Å²) in [6.45, 7) is 0. The molecule has 0 saturated heterocycles. The van der Waals surface area contributed by atoms with Gasteiger partial charge in [0, 0.05) is 27.7 Å². The first-order valence-corrected chi connectivity index (χ1v) is 9.50. The number of halogens is 2. The molecule has 0 atom stereocenters. The Morgan fingerprint density at radius 3 is 2.35 bits per heavy atom. The Morgan fingerprint density at radius 2 is 1.65 bits per heavy atom. The van der Waals surface area contributed by atoms with Gasteiger partial charge >= 0.3 is 0 Å². The SMILES string of the molecule is O=S(=O)(c1ccccc1)N(Cl)c1nc(-c2ccccc2Cl)cs1. The summed E-state index contributed by atoms with van der Waals surface area (Å²) in [7, 11) is -3.86. The highest BCUT2D eigenvalue weighted by Crippen LogP contribution is 2.34. The fourth-order valence-corrected chi connectivity index (χ4v) is 4.54. The molecule has 0 radical (unpaired) electrons. The molecule has 8 heteroatoms. The number of sulfonamides is 1. The number of anilines is 1. The lowest BCUT2D eigenvalue weighted by Gasteiger charge is -2.12. The molecule has 0 unspecified atom stereocenters. The topological polar surface area (TPSA) is 50.3 Å². The van der Waals surface area contributed by atoms with Gasteiger partial charge in [-0.15, -0.1) is 15.2 Å². The van der Waals surface area contributed by atoms with E-state index in [0.717, 1.165) is 16.9 Å². The lowest BCUT2D eigenvalue weighted by molar-refractivity contribution is 0.598. The first-order valence-electron chi connectivity index (χ1n) is 6.47. The minimum absolute atomic E-state index is 0.101. The molecule has 2 aromatic carbocycles. The molecule has 1 aromatic heterocycles. The van der Waals surface area contributed by atoms with Gasteiger partial charge in [-0.25, -0.2) is 4.98 Å². The highest BCUT2D eigenvalue weighted by molar-refractivity contribution is 7.94. The lowest BCUT2D eigenvalue weighted by Crippen LogP contribution is -2.21. The molecule has 0 bridgehead atoms. The third-order valence-electron chi connectivity index (χ3n) is 3.04. The van der Waals surface area contributed by atoms with Gasteiger partial charge in [0.1, 0.15) is 0 Å². The van der Waals surface area contributed by atoms with E-state index in [4.69, 9.17) is 23.4 Å². The summed E-state index contributed by atoms with van der Waals surface area (Å²) in [5.41, 5.74) is 1.29. The average molecular weight is 385 g/mol. The number of aromatic nitrogens is 1. The highest BCUT2D eigenvalue weighted by atomic mass is 35.5. The Labute approximate surface area is 148 Å². The molecule has 118 valence electrons. The molecule has 3 rings (SSSR count). The summed E-state index contributed by atoms with van der Waals surface area (Å²) >= 11 is 13.3. The summed E-state index contributed by atoms with van der Waals surface area (Å²) in [4.78, 5) is 4.38. The Morgan fingerprint density at radius 1 is 1.00 bits per heavy atom. The monoisotopic (exact) mass is 384 g/mol. The molecule has 0 spiro atoms. The van der Waals surface area contributed by atoms with Crippen molar-refractivity contribution in [3.8, 4) is 11.3 Å². The standard InChI is InChI=1S/C15H10Cl2N2O2S2/c16-13-9-5-4-8-12(13)14-10-22-15(18-14)19(17)23(20,21)11-6-2-1-3-7-11/h1-10H. The molecular formula is C15H10Cl2N2O2S2. The van der Waals surface area contributed by atoms with Gasteiger partial charge in [0.15, 0.2) is 0 Å². The Hall–Kier alpha value is -1.60. The zero-order chi connectivity index (χ0) is 16.4. The molecule has 1 heterocycles. The van der Waals surface area contributed by atoms with Crippen molar-refractivity contribution in [2.75, 3.05) is 3.82 Å². The maximum atomic E-state index is 12.5. The van der Waals surface area contributed by atoms with Crippen molar-refractivity contribution >= 4 is 49.9 Å². The van der Waals surface area contributed by atoms with Crippen LogP contribution in [0.15, 0.2) is 64.9 Å². The van der Waals surface area contributed by atoms with Crippen molar-refractivity contribution < 1.29 is 8.42 Å². The van der Waals surface area contributed by atoms with Crippen molar-refractivity contribution in [2.45, 2.75) is 4.90 Å². The zero-order valence-corrected chi connectivity index (χ0v) is 14.7. The van der Waals surface area contributed by atoms with Gasteiger partial charge in [0.2, 0.25) is 5.13 Å². The molecule has 0 amide bonds. The normalized spacial score (nSPS) is 11.4. The van der Waals surface area contributed by atoms with Gasteiger partial charge in [0.05, 0.1) is 10.6 Å². The number of hydrogen-bond acceptors (Lipinski definition) is 4. The molecular weight excluding hydrogens is 375 g/mol. The van der Waals surface area contributed by atoms with E-state index in [1.54, 1.807) is 29.6 Å². The number of rotatable bonds is 4. The van der Waals surface area contributed by atoms with Gasteiger partial charge < -0.3 is 0 Å². The largest absolute Gasteiger partial charge is 0.280 e.